The first-order valence-corrected chi connectivity index (χ1v) is 8.97. The zero-order valence-corrected chi connectivity index (χ0v) is 23.0. The summed E-state index contributed by atoms with van der Waals surface area (Å²) in [5.41, 5.74) is 1.97. The molecule has 2 rings (SSSR count). The first-order chi connectivity index (χ1) is 12.9. The molecule has 0 heterocycles. The number of carbonyl (C=O) groups is 2. The van der Waals surface area contributed by atoms with Gasteiger partial charge in [0.2, 0.25) is 0 Å². The van der Waals surface area contributed by atoms with E-state index in [1.807, 2.05) is 27.7 Å². The Hall–Kier alpha value is -1.02. The molecule has 0 aliphatic heterocycles. The molecule has 0 fully saturated rings. The number of rotatable bonds is 4. The molecule has 0 atom stereocenters. The van der Waals surface area contributed by atoms with Crippen molar-refractivity contribution in [1.82, 2.24) is 0 Å². The second kappa shape index (κ2) is 13.4. The van der Waals surface area contributed by atoms with Crippen LogP contribution in [0.5, 0.6) is 11.5 Å². The van der Waals surface area contributed by atoms with E-state index in [1.54, 1.807) is 38.1 Å². The van der Waals surface area contributed by atoms with Crippen molar-refractivity contribution < 1.29 is 89.1 Å². The van der Waals surface area contributed by atoms with Crippen LogP contribution in [0.1, 0.15) is 82.5 Å². The molecule has 30 heavy (non-hydrogen) atoms. The molecule has 0 radical (unpaired) electrons. The zero-order valence-electron chi connectivity index (χ0n) is 19.0. The quantitative estimate of drug-likeness (QED) is 0.529. The fourth-order valence-electron chi connectivity index (χ4n) is 2.84. The van der Waals surface area contributed by atoms with Crippen molar-refractivity contribution in [1.29, 1.82) is 0 Å². The molecule has 2 aromatic rings. The number of carboxylic acid groups (broad SMARTS) is 2. The molecule has 0 saturated carbocycles. The second-order valence-electron chi connectivity index (χ2n) is 7.27. The molecular formula is C22H26Na2O6. The Kier molecular flexibility index (Phi) is 13.9. The standard InChI is InChI=1S/2C11H14O3.2Na/c2*1-6(2)8-5-4-7(3)9(10(8)12)11(13)14;;/h2*4-6,12H,1-3H3,(H,13,14);;/q;;2*+1/p-2. The maximum Gasteiger partial charge on any atom is 1.00 e. The molecular weight excluding hydrogens is 406 g/mol. The molecule has 0 saturated heterocycles. The molecule has 0 aromatic heterocycles. The summed E-state index contributed by atoms with van der Waals surface area (Å²) in [7, 11) is 0. The smallest absolute Gasteiger partial charge is 0.872 e. The Morgan fingerprint density at radius 1 is 0.700 bits per heavy atom. The van der Waals surface area contributed by atoms with Crippen molar-refractivity contribution in [3.63, 3.8) is 0 Å². The van der Waals surface area contributed by atoms with Gasteiger partial charge in [-0.15, -0.1) is 0 Å². The molecule has 0 aliphatic carbocycles. The van der Waals surface area contributed by atoms with E-state index in [-0.39, 0.29) is 93.6 Å². The van der Waals surface area contributed by atoms with E-state index in [1.165, 1.54) is 0 Å². The fraction of sp³-hybridized carbons (Fsp3) is 0.364. The summed E-state index contributed by atoms with van der Waals surface area (Å²) in [6.07, 6.45) is 0. The van der Waals surface area contributed by atoms with Gasteiger partial charge < -0.3 is 20.4 Å². The van der Waals surface area contributed by atoms with E-state index >= 15 is 0 Å². The largest absolute Gasteiger partial charge is 1.00 e. The predicted molar refractivity (Wildman–Crippen MR) is 103 cm³/mol. The van der Waals surface area contributed by atoms with Crippen LogP contribution in [-0.4, -0.2) is 22.2 Å². The van der Waals surface area contributed by atoms with E-state index < -0.39 is 11.9 Å². The molecule has 2 N–H and O–H groups in total. The summed E-state index contributed by atoms with van der Waals surface area (Å²) in [6.45, 7) is 10.8. The summed E-state index contributed by atoms with van der Waals surface area (Å²) < 4.78 is 0. The van der Waals surface area contributed by atoms with Gasteiger partial charge in [-0.3, -0.25) is 0 Å². The van der Waals surface area contributed by atoms with Crippen molar-refractivity contribution in [3.8, 4) is 11.5 Å². The van der Waals surface area contributed by atoms with Crippen LogP contribution in [0, 0.1) is 13.8 Å². The summed E-state index contributed by atoms with van der Waals surface area (Å²) in [5, 5.41) is 41.1. The monoisotopic (exact) mass is 432 g/mol. The van der Waals surface area contributed by atoms with Crippen molar-refractivity contribution in [2.45, 2.75) is 53.4 Å². The van der Waals surface area contributed by atoms with Gasteiger partial charge in [0, 0.05) is 0 Å². The van der Waals surface area contributed by atoms with Crippen molar-refractivity contribution in [2.75, 3.05) is 0 Å². The molecule has 0 amide bonds. The van der Waals surface area contributed by atoms with Gasteiger partial charge in [0.1, 0.15) is 0 Å². The molecule has 2 aromatic carbocycles. The normalized spacial score (nSPS) is 9.87. The second-order valence-corrected chi connectivity index (χ2v) is 7.27. The van der Waals surface area contributed by atoms with Gasteiger partial charge in [0.05, 0.1) is 11.1 Å². The summed E-state index contributed by atoms with van der Waals surface area (Å²) in [5.74, 6) is -2.88. The maximum absolute atomic E-state index is 11.7. The maximum atomic E-state index is 11.7. The van der Waals surface area contributed by atoms with Crippen LogP contribution in [0.2, 0.25) is 0 Å². The minimum absolute atomic E-state index is 0. The summed E-state index contributed by atoms with van der Waals surface area (Å²) in [6, 6.07) is 6.77. The fourth-order valence-corrected chi connectivity index (χ4v) is 2.84. The Morgan fingerprint density at radius 3 is 1.17 bits per heavy atom. The van der Waals surface area contributed by atoms with Crippen LogP contribution in [0.3, 0.4) is 0 Å². The molecule has 0 bridgehead atoms. The Labute approximate surface area is 221 Å². The minimum Gasteiger partial charge on any atom is -0.872 e. The van der Waals surface area contributed by atoms with E-state index in [4.69, 9.17) is 10.2 Å². The van der Waals surface area contributed by atoms with Gasteiger partial charge in [-0.1, -0.05) is 74.6 Å². The third-order valence-corrected chi connectivity index (χ3v) is 4.46. The molecule has 152 valence electrons. The SMILES string of the molecule is Cc1ccc(C(C)C)c([O-])c1C(=O)O.Cc1ccc(C(C)C)c([O-])c1C(=O)O.[Na+].[Na+]. The van der Waals surface area contributed by atoms with E-state index in [0.717, 1.165) is 0 Å². The van der Waals surface area contributed by atoms with Crippen molar-refractivity contribution in [2.24, 2.45) is 0 Å². The van der Waals surface area contributed by atoms with Crippen LogP contribution < -0.4 is 69.3 Å². The first-order valence-electron chi connectivity index (χ1n) is 8.97. The van der Waals surface area contributed by atoms with Gasteiger partial charge in [-0.25, -0.2) is 9.59 Å². The van der Waals surface area contributed by atoms with Crippen molar-refractivity contribution >= 4 is 11.9 Å². The molecule has 0 aliphatic rings. The van der Waals surface area contributed by atoms with Crippen LogP contribution in [-0.2, 0) is 0 Å². The van der Waals surface area contributed by atoms with Crippen LogP contribution in [0.15, 0.2) is 24.3 Å². The van der Waals surface area contributed by atoms with E-state index in [9.17, 15) is 19.8 Å². The average Bonchev–Trinajstić information content (AvgIpc) is 2.54. The number of carboxylic acids is 2. The predicted octanol–water partition coefficient (Wildman–Crippen LogP) is -2.21. The summed E-state index contributed by atoms with van der Waals surface area (Å²) in [4.78, 5) is 21.6. The Balaban J connectivity index is 0. The Bertz CT molecular complexity index is 818. The summed E-state index contributed by atoms with van der Waals surface area (Å²) >= 11 is 0. The van der Waals surface area contributed by atoms with E-state index in [2.05, 4.69) is 0 Å². The first kappa shape index (κ1) is 31.2. The van der Waals surface area contributed by atoms with Crippen LogP contribution in [0.4, 0.5) is 0 Å². The minimum atomic E-state index is -1.14. The topological polar surface area (TPSA) is 121 Å². The van der Waals surface area contributed by atoms with Crippen LogP contribution in [0.25, 0.3) is 0 Å². The number of hydrogen-bond acceptors (Lipinski definition) is 4. The van der Waals surface area contributed by atoms with Crippen LogP contribution >= 0.6 is 0 Å². The molecule has 0 unspecified atom stereocenters. The average molecular weight is 432 g/mol. The zero-order chi connectivity index (χ0) is 21.8. The van der Waals surface area contributed by atoms with Gasteiger partial charge >= 0.3 is 71.1 Å². The Morgan fingerprint density at radius 2 is 0.967 bits per heavy atom. The number of aryl methyl sites for hydroxylation is 2. The van der Waals surface area contributed by atoms with Gasteiger partial charge in [0.25, 0.3) is 0 Å². The van der Waals surface area contributed by atoms with E-state index in [0.29, 0.717) is 22.3 Å². The van der Waals surface area contributed by atoms with Gasteiger partial charge in [0.15, 0.2) is 0 Å². The van der Waals surface area contributed by atoms with Crippen molar-refractivity contribution in [3.05, 3.63) is 57.6 Å². The van der Waals surface area contributed by atoms with Gasteiger partial charge in [-0.05, 0) is 36.8 Å². The number of benzene rings is 2. The third kappa shape index (κ3) is 7.59. The molecule has 0 spiro atoms. The third-order valence-electron chi connectivity index (χ3n) is 4.46. The number of hydrogen-bond donors (Lipinski definition) is 2. The molecule has 6 nitrogen and oxygen atoms in total. The molecule has 8 heteroatoms. The van der Waals surface area contributed by atoms with Gasteiger partial charge in [-0.2, -0.15) is 0 Å². The number of aromatic carboxylic acids is 2.